The van der Waals surface area contributed by atoms with Gasteiger partial charge in [-0.1, -0.05) is 18.2 Å². The van der Waals surface area contributed by atoms with Crippen molar-refractivity contribution < 1.29 is 14.6 Å². The van der Waals surface area contributed by atoms with E-state index in [1.807, 2.05) is 50.2 Å². The number of aliphatic hydroxyl groups excluding tert-OH is 1. The minimum Gasteiger partial charge on any atom is -0.507 e. The summed E-state index contributed by atoms with van der Waals surface area (Å²) < 4.78 is 4.64. The van der Waals surface area contributed by atoms with Crippen LogP contribution in [0.3, 0.4) is 0 Å². The number of aliphatic hydroxyl groups is 1. The van der Waals surface area contributed by atoms with Crippen LogP contribution in [-0.4, -0.2) is 45.0 Å². The standard InChI is InChI=1S/C17H22N2O3/c1-5-18-12-15(17(21)22-4)16(20)11-8-13-6-9-14(10-7-13)19(2)3/h6-12,20H,5H2,1-4H3/b11-8+,16-15?,18-12?. The monoisotopic (exact) mass is 302 g/mol. The van der Waals surface area contributed by atoms with Crippen LogP contribution >= 0.6 is 0 Å². The number of rotatable bonds is 6. The van der Waals surface area contributed by atoms with Crippen LogP contribution in [0.1, 0.15) is 12.5 Å². The molecule has 0 saturated heterocycles. The zero-order valence-corrected chi connectivity index (χ0v) is 13.4. The summed E-state index contributed by atoms with van der Waals surface area (Å²) in [7, 11) is 5.20. The zero-order chi connectivity index (χ0) is 16.5. The maximum absolute atomic E-state index is 11.6. The van der Waals surface area contributed by atoms with Crippen LogP contribution in [0.25, 0.3) is 6.08 Å². The van der Waals surface area contributed by atoms with Gasteiger partial charge in [0.2, 0.25) is 0 Å². The lowest BCUT2D eigenvalue weighted by atomic mass is 10.1. The second-order valence-corrected chi connectivity index (χ2v) is 4.74. The first-order valence-corrected chi connectivity index (χ1v) is 6.96. The fourth-order valence-corrected chi connectivity index (χ4v) is 1.66. The summed E-state index contributed by atoms with van der Waals surface area (Å²) in [5.74, 6) is -0.803. The topological polar surface area (TPSA) is 62.1 Å². The molecule has 22 heavy (non-hydrogen) atoms. The van der Waals surface area contributed by atoms with E-state index in [1.54, 1.807) is 6.08 Å². The maximum atomic E-state index is 11.6. The molecule has 1 aromatic rings. The van der Waals surface area contributed by atoms with E-state index in [0.29, 0.717) is 6.54 Å². The van der Waals surface area contributed by atoms with Crippen molar-refractivity contribution in [1.29, 1.82) is 0 Å². The highest BCUT2D eigenvalue weighted by atomic mass is 16.5. The lowest BCUT2D eigenvalue weighted by Crippen LogP contribution is -2.09. The van der Waals surface area contributed by atoms with E-state index < -0.39 is 5.97 Å². The number of esters is 1. The maximum Gasteiger partial charge on any atom is 0.343 e. The van der Waals surface area contributed by atoms with E-state index in [2.05, 4.69) is 9.73 Å². The van der Waals surface area contributed by atoms with E-state index in [-0.39, 0.29) is 11.3 Å². The van der Waals surface area contributed by atoms with Crippen LogP contribution in [0.5, 0.6) is 0 Å². The Balaban J connectivity index is 2.99. The Labute approximate surface area is 131 Å². The van der Waals surface area contributed by atoms with Crippen LogP contribution in [0.2, 0.25) is 0 Å². The van der Waals surface area contributed by atoms with E-state index in [1.165, 1.54) is 19.4 Å². The molecule has 0 fully saturated rings. The predicted molar refractivity (Wildman–Crippen MR) is 90.5 cm³/mol. The largest absolute Gasteiger partial charge is 0.507 e. The van der Waals surface area contributed by atoms with Crippen LogP contribution in [0.15, 0.2) is 46.7 Å². The van der Waals surface area contributed by atoms with Gasteiger partial charge in [0, 0.05) is 32.5 Å². The average molecular weight is 302 g/mol. The van der Waals surface area contributed by atoms with Crippen molar-refractivity contribution in [2.45, 2.75) is 6.92 Å². The molecule has 0 bridgehead atoms. The van der Waals surface area contributed by atoms with Gasteiger partial charge in [-0.2, -0.15) is 0 Å². The lowest BCUT2D eigenvalue weighted by molar-refractivity contribution is -0.135. The fraction of sp³-hybridized carbons (Fsp3) is 0.294. The number of benzene rings is 1. The molecule has 118 valence electrons. The van der Waals surface area contributed by atoms with E-state index in [0.717, 1.165) is 11.3 Å². The Morgan fingerprint density at radius 1 is 1.32 bits per heavy atom. The second-order valence-electron chi connectivity index (χ2n) is 4.74. The summed E-state index contributed by atoms with van der Waals surface area (Å²) in [5.41, 5.74) is 2.03. The summed E-state index contributed by atoms with van der Waals surface area (Å²) >= 11 is 0. The molecule has 0 aromatic heterocycles. The highest BCUT2D eigenvalue weighted by molar-refractivity contribution is 6.10. The Morgan fingerprint density at radius 3 is 2.45 bits per heavy atom. The van der Waals surface area contributed by atoms with Crippen molar-refractivity contribution in [3.8, 4) is 0 Å². The first-order valence-electron chi connectivity index (χ1n) is 6.96. The molecule has 1 aromatic carbocycles. The third-order valence-corrected chi connectivity index (χ3v) is 2.93. The third-order valence-electron chi connectivity index (χ3n) is 2.93. The molecule has 0 unspecified atom stereocenters. The highest BCUT2D eigenvalue weighted by Crippen LogP contribution is 2.14. The van der Waals surface area contributed by atoms with Gasteiger partial charge < -0.3 is 14.7 Å². The second kappa shape index (κ2) is 8.67. The number of anilines is 1. The van der Waals surface area contributed by atoms with Crippen LogP contribution in [0, 0.1) is 0 Å². The first kappa shape index (κ1) is 17.5. The zero-order valence-electron chi connectivity index (χ0n) is 13.4. The normalized spacial score (nSPS) is 12.5. The molecule has 1 N–H and O–H groups in total. The number of hydrogen-bond donors (Lipinski definition) is 1. The van der Waals surface area contributed by atoms with E-state index in [9.17, 15) is 9.90 Å². The summed E-state index contributed by atoms with van der Waals surface area (Å²) in [6.07, 6.45) is 4.50. The molecule has 0 radical (unpaired) electrons. The fourth-order valence-electron chi connectivity index (χ4n) is 1.66. The van der Waals surface area contributed by atoms with Crippen LogP contribution < -0.4 is 4.90 Å². The van der Waals surface area contributed by atoms with Crippen molar-refractivity contribution >= 4 is 23.9 Å². The summed E-state index contributed by atoms with van der Waals surface area (Å²) in [6.45, 7) is 2.36. The molecule has 0 atom stereocenters. The summed E-state index contributed by atoms with van der Waals surface area (Å²) in [4.78, 5) is 17.6. The number of nitrogens with zero attached hydrogens (tertiary/aromatic N) is 2. The van der Waals surface area contributed by atoms with Crippen LogP contribution in [-0.2, 0) is 9.53 Å². The Bertz CT molecular complexity index is 584. The van der Waals surface area contributed by atoms with Gasteiger partial charge in [0.1, 0.15) is 11.3 Å². The number of carbonyl (C=O) groups excluding carboxylic acids is 1. The quantitative estimate of drug-likeness (QED) is 0.288. The highest BCUT2D eigenvalue weighted by Gasteiger charge is 2.11. The lowest BCUT2D eigenvalue weighted by Gasteiger charge is -2.11. The molecule has 5 heteroatoms. The minimum absolute atomic E-state index is 0.0329. The van der Waals surface area contributed by atoms with Crippen molar-refractivity contribution in [3.63, 3.8) is 0 Å². The molecule has 5 nitrogen and oxygen atoms in total. The number of hydrogen-bond acceptors (Lipinski definition) is 5. The first-order chi connectivity index (χ1) is 10.5. The predicted octanol–water partition coefficient (Wildman–Crippen LogP) is 2.84. The molecule has 0 heterocycles. The molecular formula is C17H22N2O3. The summed E-state index contributed by atoms with van der Waals surface area (Å²) in [6, 6.07) is 7.80. The van der Waals surface area contributed by atoms with Gasteiger partial charge >= 0.3 is 5.97 Å². The summed E-state index contributed by atoms with van der Waals surface area (Å²) in [5, 5.41) is 10.0. The van der Waals surface area contributed by atoms with Crippen molar-refractivity contribution in [1.82, 2.24) is 0 Å². The average Bonchev–Trinajstić information content (AvgIpc) is 2.53. The molecule has 0 spiro atoms. The smallest absolute Gasteiger partial charge is 0.343 e. The van der Waals surface area contributed by atoms with Gasteiger partial charge in [-0.3, -0.25) is 4.99 Å². The van der Waals surface area contributed by atoms with E-state index >= 15 is 0 Å². The number of carbonyl (C=O) groups is 1. The van der Waals surface area contributed by atoms with E-state index in [4.69, 9.17) is 0 Å². The number of allylic oxidation sites excluding steroid dienone is 1. The van der Waals surface area contributed by atoms with Crippen LogP contribution in [0.4, 0.5) is 5.69 Å². The van der Waals surface area contributed by atoms with Gasteiger partial charge in [0.25, 0.3) is 0 Å². The van der Waals surface area contributed by atoms with Crippen molar-refractivity contribution in [2.24, 2.45) is 4.99 Å². The number of ether oxygens (including phenoxy) is 1. The van der Waals surface area contributed by atoms with Gasteiger partial charge in [0.15, 0.2) is 0 Å². The Morgan fingerprint density at radius 2 is 1.95 bits per heavy atom. The van der Waals surface area contributed by atoms with Crippen molar-refractivity contribution in [2.75, 3.05) is 32.6 Å². The van der Waals surface area contributed by atoms with Crippen molar-refractivity contribution in [3.05, 3.63) is 47.2 Å². The Kier molecular flexibility index (Phi) is 6.89. The molecule has 0 saturated carbocycles. The number of aliphatic imine (C=N–C) groups is 1. The molecule has 0 aliphatic heterocycles. The SMILES string of the molecule is CCN=CC(C(=O)OC)=C(O)/C=C/c1ccc(N(C)C)cc1. The molecular weight excluding hydrogens is 280 g/mol. The molecule has 0 aliphatic rings. The van der Waals surface area contributed by atoms with Gasteiger partial charge in [-0.15, -0.1) is 0 Å². The van der Waals surface area contributed by atoms with Gasteiger partial charge in [-0.05, 0) is 30.7 Å². The van der Waals surface area contributed by atoms with Gasteiger partial charge in [-0.25, -0.2) is 4.79 Å². The molecule has 0 amide bonds. The number of methoxy groups -OCH3 is 1. The minimum atomic E-state index is -0.623. The van der Waals surface area contributed by atoms with Gasteiger partial charge in [0.05, 0.1) is 7.11 Å². The molecule has 0 aliphatic carbocycles. The molecule has 1 rings (SSSR count). The Hall–Kier alpha value is -2.56. The third kappa shape index (κ3) is 5.09.